The monoisotopic (exact) mass is 176 g/mol. The van der Waals surface area contributed by atoms with E-state index in [1.165, 1.54) is 5.01 Å². The first-order chi connectivity index (χ1) is 5.60. The Balaban J connectivity index is 3.51. The topological polar surface area (TPSA) is 69.7 Å². The zero-order valence-electron chi connectivity index (χ0n) is 7.90. The van der Waals surface area contributed by atoms with Gasteiger partial charge in [0.15, 0.2) is 0 Å². The lowest BCUT2D eigenvalue weighted by Gasteiger charge is -2.21. The first-order valence-corrected chi connectivity index (χ1v) is 4.45. The molecule has 0 aliphatic rings. The second kappa shape index (κ2) is 6.37. The minimum absolute atomic E-state index is 0.390. The fourth-order valence-corrected chi connectivity index (χ4v) is 0.874. The molecule has 0 fully saturated rings. The standard InChI is InChI=1S/C8H20N2O2/c1-3-7(11)5-10(9)6-8(12)4-2/h7-8,11-12H,3-6,9H2,1-2H3. The molecular formula is C8H20N2O2. The van der Waals surface area contributed by atoms with Crippen molar-refractivity contribution >= 4 is 0 Å². The second-order valence-electron chi connectivity index (χ2n) is 3.08. The molecule has 0 spiro atoms. The van der Waals surface area contributed by atoms with Gasteiger partial charge in [0.25, 0.3) is 0 Å². The lowest BCUT2D eigenvalue weighted by molar-refractivity contribution is 0.0666. The van der Waals surface area contributed by atoms with Gasteiger partial charge in [-0.25, -0.2) is 5.01 Å². The van der Waals surface area contributed by atoms with Crippen molar-refractivity contribution in [3.05, 3.63) is 0 Å². The summed E-state index contributed by atoms with van der Waals surface area (Å²) in [5, 5.41) is 19.9. The third-order valence-electron chi connectivity index (χ3n) is 1.83. The molecule has 12 heavy (non-hydrogen) atoms. The fraction of sp³-hybridized carbons (Fsp3) is 1.00. The van der Waals surface area contributed by atoms with Gasteiger partial charge in [-0.1, -0.05) is 13.8 Å². The lowest BCUT2D eigenvalue weighted by atomic mass is 10.2. The number of hydrazine groups is 1. The predicted molar refractivity (Wildman–Crippen MR) is 48.4 cm³/mol. The third kappa shape index (κ3) is 5.49. The molecule has 0 aliphatic heterocycles. The van der Waals surface area contributed by atoms with Gasteiger partial charge in [0, 0.05) is 13.1 Å². The lowest BCUT2D eigenvalue weighted by Crippen LogP contribution is -2.42. The molecule has 0 radical (unpaired) electrons. The van der Waals surface area contributed by atoms with Crippen LogP contribution in [0.25, 0.3) is 0 Å². The van der Waals surface area contributed by atoms with E-state index in [2.05, 4.69) is 0 Å². The molecule has 4 heteroatoms. The Kier molecular flexibility index (Phi) is 6.28. The van der Waals surface area contributed by atoms with Crippen molar-refractivity contribution < 1.29 is 10.2 Å². The summed E-state index contributed by atoms with van der Waals surface area (Å²) >= 11 is 0. The van der Waals surface area contributed by atoms with Gasteiger partial charge in [-0.15, -0.1) is 0 Å². The van der Waals surface area contributed by atoms with Crippen molar-refractivity contribution in [3.63, 3.8) is 0 Å². The highest BCUT2D eigenvalue weighted by atomic mass is 16.3. The molecule has 0 saturated heterocycles. The summed E-state index contributed by atoms with van der Waals surface area (Å²) < 4.78 is 0. The van der Waals surface area contributed by atoms with Crippen molar-refractivity contribution in [2.75, 3.05) is 13.1 Å². The van der Waals surface area contributed by atoms with E-state index >= 15 is 0 Å². The average molecular weight is 176 g/mol. The summed E-state index contributed by atoms with van der Waals surface area (Å²) in [5.41, 5.74) is 0. The summed E-state index contributed by atoms with van der Waals surface area (Å²) in [7, 11) is 0. The highest BCUT2D eigenvalue weighted by Gasteiger charge is 2.09. The first-order valence-electron chi connectivity index (χ1n) is 4.45. The Labute approximate surface area is 74.0 Å². The van der Waals surface area contributed by atoms with Gasteiger partial charge in [0.05, 0.1) is 12.2 Å². The van der Waals surface area contributed by atoms with Gasteiger partial charge in [0.2, 0.25) is 0 Å². The number of aliphatic hydroxyl groups is 2. The van der Waals surface area contributed by atoms with Crippen molar-refractivity contribution in [1.29, 1.82) is 0 Å². The van der Waals surface area contributed by atoms with Gasteiger partial charge in [0.1, 0.15) is 0 Å². The molecule has 0 rings (SSSR count). The van der Waals surface area contributed by atoms with E-state index in [1.807, 2.05) is 13.8 Å². The molecule has 0 aromatic carbocycles. The van der Waals surface area contributed by atoms with E-state index in [0.29, 0.717) is 25.9 Å². The van der Waals surface area contributed by atoms with Crippen LogP contribution < -0.4 is 5.84 Å². The summed E-state index contributed by atoms with van der Waals surface area (Å²) in [6.45, 7) is 4.64. The molecule has 2 atom stereocenters. The molecule has 0 amide bonds. The Bertz CT molecular complexity index is 99.2. The Hall–Kier alpha value is -0.160. The van der Waals surface area contributed by atoms with Crippen LogP contribution in [0.3, 0.4) is 0 Å². The van der Waals surface area contributed by atoms with Crippen LogP contribution in [0.4, 0.5) is 0 Å². The molecule has 0 aliphatic carbocycles. The van der Waals surface area contributed by atoms with Gasteiger partial charge in [-0.2, -0.15) is 0 Å². The molecule has 0 aromatic rings. The zero-order valence-corrected chi connectivity index (χ0v) is 7.90. The summed E-state index contributed by atoms with van der Waals surface area (Å²) in [4.78, 5) is 0. The predicted octanol–water partition coefficient (Wildman–Crippen LogP) is -0.296. The van der Waals surface area contributed by atoms with Gasteiger partial charge in [-0.05, 0) is 12.8 Å². The van der Waals surface area contributed by atoms with Crippen molar-refractivity contribution in [3.8, 4) is 0 Å². The van der Waals surface area contributed by atoms with E-state index in [9.17, 15) is 10.2 Å². The van der Waals surface area contributed by atoms with Crippen LogP contribution in [0, 0.1) is 0 Å². The van der Waals surface area contributed by atoms with E-state index in [-0.39, 0.29) is 12.2 Å². The Morgan fingerprint density at radius 2 is 1.42 bits per heavy atom. The number of nitrogens with two attached hydrogens (primary N) is 1. The zero-order chi connectivity index (χ0) is 9.56. The number of nitrogens with zero attached hydrogens (tertiary/aromatic N) is 1. The number of aliphatic hydroxyl groups excluding tert-OH is 2. The highest BCUT2D eigenvalue weighted by Crippen LogP contribution is 1.95. The summed E-state index contributed by atoms with van der Waals surface area (Å²) in [6.07, 6.45) is 0.601. The van der Waals surface area contributed by atoms with Crippen LogP contribution in [0.15, 0.2) is 0 Å². The molecule has 74 valence electrons. The molecule has 0 heterocycles. The number of hydrogen-bond acceptors (Lipinski definition) is 4. The molecular weight excluding hydrogens is 156 g/mol. The quantitative estimate of drug-likeness (QED) is 0.384. The number of rotatable bonds is 6. The molecule has 4 N–H and O–H groups in total. The van der Waals surface area contributed by atoms with Gasteiger partial charge < -0.3 is 10.2 Å². The van der Waals surface area contributed by atoms with Crippen LogP contribution >= 0.6 is 0 Å². The van der Waals surface area contributed by atoms with E-state index in [0.717, 1.165) is 0 Å². The van der Waals surface area contributed by atoms with Gasteiger partial charge in [-0.3, -0.25) is 5.84 Å². The van der Waals surface area contributed by atoms with Crippen LogP contribution in [-0.4, -0.2) is 40.5 Å². The van der Waals surface area contributed by atoms with Crippen molar-refractivity contribution in [1.82, 2.24) is 5.01 Å². The second-order valence-corrected chi connectivity index (χ2v) is 3.08. The fourth-order valence-electron chi connectivity index (χ4n) is 0.874. The maximum absolute atomic E-state index is 9.21. The van der Waals surface area contributed by atoms with Crippen LogP contribution in [0.2, 0.25) is 0 Å². The molecule has 0 saturated carbocycles. The Morgan fingerprint density at radius 3 is 1.67 bits per heavy atom. The minimum Gasteiger partial charge on any atom is -0.392 e. The molecule has 2 unspecified atom stereocenters. The SMILES string of the molecule is CCC(O)CN(N)CC(O)CC. The van der Waals surface area contributed by atoms with E-state index in [4.69, 9.17) is 5.84 Å². The van der Waals surface area contributed by atoms with Gasteiger partial charge >= 0.3 is 0 Å². The summed E-state index contributed by atoms with van der Waals surface area (Å²) in [6, 6.07) is 0. The van der Waals surface area contributed by atoms with E-state index in [1.54, 1.807) is 0 Å². The Morgan fingerprint density at radius 1 is 1.08 bits per heavy atom. The van der Waals surface area contributed by atoms with Crippen LogP contribution in [0.1, 0.15) is 26.7 Å². The maximum atomic E-state index is 9.21. The largest absolute Gasteiger partial charge is 0.392 e. The number of hydrogen-bond donors (Lipinski definition) is 3. The van der Waals surface area contributed by atoms with E-state index < -0.39 is 0 Å². The normalized spacial score (nSPS) is 16.5. The van der Waals surface area contributed by atoms with Crippen LogP contribution in [-0.2, 0) is 0 Å². The highest BCUT2D eigenvalue weighted by molar-refractivity contribution is 4.61. The molecule has 0 bridgehead atoms. The van der Waals surface area contributed by atoms with Crippen molar-refractivity contribution in [2.45, 2.75) is 38.9 Å². The maximum Gasteiger partial charge on any atom is 0.0678 e. The first kappa shape index (κ1) is 11.8. The molecule has 4 nitrogen and oxygen atoms in total. The third-order valence-corrected chi connectivity index (χ3v) is 1.83. The minimum atomic E-state index is -0.390. The molecule has 0 aromatic heterocycles. The van der Waals surface area contributed by atoms with Crippen molar-refractivity contribution in [2.24, 2.45) is 5.84 Å². The average Bonchev–Trinajstić information content (AvgIpc) is 2.03. The smallest absolute Gasteiger partial charge is 0.0678 e. The summed E-state index contributed by atoms with van der Waals surface area (Å²) in [5.74, 6) is 5.54. The van der Waals surface area contributed by atoms with Crippen LogP contribution in [0.5, 0.6) is 0 Å².